The fourth-order valence-corrected chi connectivity index (χ4v) is 2.86. The second kappa shape index (κ2) is 6.30. The van der Waals surface area contributed by atoms with Gasteiger partial charge in [0.15, 0.2) is 0 Å². The lowest BCUT2D eigenvalue weighted by molar-refractivity contribution is 0.953. The highest BCUT2D eigenvalue weighted by molar-refractivity contribution is 6.31. The van der Waals surface area contributed by atoms with Crippen LogP contribution in [0.25, 0.3) is 29.0 Å². The van der Waals surface area contributed by atoms with E-state index in [1.807, 2.05) is 47.0 Å². The van der Waals surface area contributed by atoms with Gasteiger partial charge in [-0.05, 0) is 35.9 Å². The van der Waals surface area contributed by atoms with E-state index in [1.165, 1.54) is 0 Å². The maximum Gasteiger partial charge on any atom is 0.234 e. The number of fused-ring (bicyclic) bond motifs is 1. The van der Waals surface area contributed by atoms with E-state index >= 15 is 0 Å². The van der Waals surface area contributed by atoms with E-state index in [0.717, 1.165) is 22.2 Å². The Bertz CT molecular complexity index is 1010. The van der Waals surface area contributed by atoms with Gasteiger partial charge < -0.3 is 0 Å². The zero-order valence-electron chi connectivity index (χ0n) is 12.8. The van der Waals surface area contributed by atoms with Crippen molar-refractivity contribution in [2.75, 3.05) is 0 Å². The van der Waals surface area contributed by atoms with Crippen molar-refractivity contribution in [3.8, 4) is 5.95 Å². The van der Waals surface area contributed by atoms with E-state index in [4.69, 9.17) is 11.6 Å². The number of hydrogen-bond acceptors (Lipinski definition) is 2. The Balaban J connectivity index is 1.90. The third-order valence-electron chi connectivity index (χ3n) is 3.79. The molecule has 0 saturated carbocycles. The van der Waals surface area contributed by atoms with Crippen LogP contribution in [-0.2, 0) is 0 Å². The molecule has 0 saturated heterocycles. The van der Waals surface area contributed by atoms with Crippen LogP contribution in [0.2, 0.25) is 5.02 Å². The highest BCUT2D eigenvalue weighted by Crippen LogP contribution is 2.26. The highest BCUT2D eigenvalue weighted by Gasteiger charge is 2.11. The van der Waals surface area contributed by atoms with Crippen molar-refractivity contribution in [2.45, 2.75) is 0 Å². The zero-order chi connectivity index (χ0) is 16.4. The summed E-state index contributed by atoms with van der Waals surface area (Å²) in [6.45, 7) is 0. The second-order valence-electron chi connectivity index (χ2n) is 5.40. The number of hydrogen-bond donors (Lipinski definition) is 0. The summed E-state index contributed by atoms with van der Waals surface area (Å²) in [4.78, 5) is 8.78. The van der Waals surface area contributed by atoms with Crippen molar-refractivity contribution in [1.29, 1.82) is 0 Å². The van der Waals surface area contributed by atoms with Gasteiger partial charge in [-0.1, -0.05) is 54.1 Å². The van der Waals surface area contributed by atoms with Gasteiger partial charge in [0.1, 0.15) is 0 Å². The fraction of sp³-hybridized carbons (Fsp3) is 0. The molecule has 24 heavy (non-hydrogen) atoms. The van der Waals surface area contributed by atoms with Crippen LogP contribution in [0, 0.1) is 0 Å². The van der Waals surface area contributed by atoms with Crippen molar-refractivity contribution in [3.05, 3.63) is 89.3 Å². The summed E-state index contributed by atoms with van der Waals surface area (Å²) in [5.74, 6) is 0.627. The Morgan fingerprint density at radius 2 is 1.62 bits per heavy atom. The molecule has 0 aliphatic carbocycles. The number of halogens is 1. The monoisotopic (exact) mass is 331 g/mol. The van der Waals surface area contributed by atoms with E-state index in [1.54, 1.807) is 12.4 Å². The van der Waals surface area contributed by atoms with Crippen LogP contribution in [0.5, 0.6) is 0 Å². The van der Waals surface area contributed by atoms with E-state index in [2.05, 4.69) is 40.3 Å². The van der Waals surface area contributed by atoms with Crippen molar-refractivity contribution in [1.82, 2.24) is 14.5 Å². The minimum absolute atomic E-state index is 0.627. The predicted molar refractivity (Wildman–Crippen MR) is 99.2 cm³/mol. The Hall–Kier alpha value is -2.91. The molecular formula is C20H14ClN3. The Kier molecular flexibility index (Phi) is 3.85. The zero-order valence-corrected chi connectivity index (χ0v) is 13.6. The van der Waals surface area contributed by atoms with E-state index in [9.17, 15) is 0 Å². The standard InChI is InChI=1S/C20H14ClN3/c21-17-9-8-16-13-18(10-7-15-5-2-1-3-6-15)24(19(16)14-17)20-22-11-4-12-23-20/h1-14H/b10-7+. The van der Waals surface area contributed by atoms with E-state index in [-0.39, 0.29) is 0 Å². The molecule has 0 fully saturated rings. The molecule has 0 spiro atoms. The number of aromatic nitrogens is 3. The lowest BCUT2D eigenvalue weighted by atomic mass is 10.2. The molecule has 4 rings (SSSR count). The highest BCUT2D eigenvalue weighted by atomic mass is 35.5. The van der Waals surface area contributed by atoms with E-state index in [0.29, 0.717) is 11.0 Å². The van der Waals surface area contributed by atoms with Gasteiger partial charge in [0, 0.05) is 28.5 Å². The van der Waals surface area contributed by atoms with Crippen LogP contribution in [0.4, 0.5) is 0 Å². The molecule has 0 N–H and O–H groups in total. The maximum absolute atomic E-state index is 6.19. The quantitative estimate of drug-likeness (QED) is 0.513. The summed E-state index contributed by atoms with van der Waals surface area (Å²) in [5, 5.41) is 1.79. The molecule has 2 aromatic carbocycles. The summed E-state index contributed by atoms with van der Waals surface area (Å²) in [6.07, 6.45) is 7.63. The van der Waals surface area contributed by atoms with Gasteiger partial charge in [-0.3, -0.25) is 4.57 Å². The van der Waals surface area contributed by atoms with Gasteiger partial charge in [0.2, 0.25) is 5.95 Å². The first-order valence-electron chi connectivity index (χ1n) is 7.63. The summed E-state index contributed by atoms with van der Waals surface area (Å²) in [5.41, 5.74) is 3.13. The third kappa shape index (κ3) is 2.82. The first-order chi connectivity index (χ1) is 11.8. The predicted octanol–water partition coefficient (Wildman–Crippen LogP) is 5.24. The van der Waals surface area contributed by atoms with Gasteiger partial charge in [-0.2, -0.15) is 0 Å². The molecule has 116 valence electrons. The average molecular weight is 332 g/mol. The van der Waals surface area contributed by atoms with Crippen LogP contribution >= 0.6 is 11.6 Å². The maximum atomic E-state index is 6.19. The van der Waals surface area contributed by atoms with Crippen LogP contribution in [0.3, 0.4) is 0 Å². The van der Waals surface area contributed by atoms with Gasteiger partial charge >= 0.3 is 0 Å². The molecule has 0 bridgehead atoms. The number of nitrogens with zero attached hydrogens (tertiary/aromatic N) is 3. The smallest absolute Gasteiger partial charge is 0.234 e. The molecule has 0 radical (unpaired) electrons. The molecule has 2 heterocycles. The van der Waals surface area contributed by atoms with Crippen molar-refractivity contribution in [3.63, 3.8) is 0 Å². The molecule has 0 aliphatic rings. The summed E-state index contributed by atoms with van der Waals surface area (Å²) >= 11 is 6.19. The molecule has 0 unspecified atom stereocenters. The molecule has 0 amide bonds. The molecule has 0 aliphatic heterocycles. The fourth-order valence-electron chi connectivity index (χ4n) is 2.69. The van der Waals surface area contributed by atoms with Crippen LogP contribution in [0.1, 0.15) is 11.3 Å². The van der Waals surface area contributed by atoms with Gasteiger partial charge in [0.25, 0.3) is 0 Å². The minimum Gasteiger partial charge on any atom is -0.279 e. The van der Waals surface area contributed by atoms with Crippen molar-refractivity contribution >= 4 is 34.7 Å². The van der Waals surface area contributed by atoms with Crippen LogP contribution < -0.4 is 0 Å². The molecule has 3 nitrogen and oxygen atoms in total. The molecular weight excluding hydrogens is 318 g/mol. The van der Waals surface area contributed by atoms with Gasteiger partial charge in [0.05, 0.1) is 5.52 Å². The summed E-state index contributed by atoms with van der Waals surface area (Å²) in [6, 6.07) is 20.0. The number of benzene rings is 2. The van der Waals surface area contributed by atoms with E-state index < -0.39 is 0 Å². The lowest BCUT2D eigenvalue weighted by Gasteiger charge is -2.06. The number of rotatable bonds is 3. The summed E-state index contributed by atoms with van der Waals surface area (Å²) in [7, 11) is 0. The Labute approximate surface area is 144 Å². The third-order valence-corrected chi connectivity index (χ3v) is 4.03. The molecule has 2 aromatic heterocycles. The largest absolute Gasteiger partial charge is 0.279 e. The van der Waals surface area contributed by atoms with Crippen LogP contribution in [-0.4, -0.2) is 14.5 Å². The topological polar surface area (TPSA) is 30.7 Å². The van der Waals surface area contributed by atoms with Gasteiger partial charge in [-0.25, -0.2) is 9.97 Å². The SMILES string of the molecule is Clc1ccc2cc(/C=C/c3ccccc3)n(-c3ncccn3)c2c1. The normalized spacial score (nSPS) is 11.4. The lowest BCUT2D eigenvalue weighted by Crippen LogP contribution is -2.01. The van der Waals surface area contributed by atoms with Crippen molar-refractivity contribution in [2.24, 2.45) is 0 Å². The second-order valence-corrected chi connectivity index (χ2v) is 5.84. The minimum atomic E-state index is 0.627. The van der Waals surface area contributed by atoms with Gasteiger partial charge in [-0.15, -0.1) is 0 Å². The molecule has 4 heteroatoms. The Morgan fingerprint density at radius 1 is 0.833 bits per heavy atom. The first kappa shape index (κ1) is 14.7. The first-order valence-corrected chi connectivity index (χ1v) is 8.00. The Morgan fingerprint density at radius 3 is 2.42 bits per heavy atom. The van der Waals surface area contributed by atoms with Crippen LogP contribution in [0.15, 0.2) is 73.1 Å². The average Bonchev–Trinajstić information content (AvgIpc) is 2.99. The summed E-state index contributed by atoms with van der Waals surface area (Å²) < 4.78 is 2.01. The van der Waals surface area contributed by atoms with Crippen molar-refractivity contribution < 1.29 is 0 Å². The molecule has 0 atom stereocenters. The molecule has 4 aromatic rings.